The lowest BCUT2D eigenvalue weighted by molar-refractivity contribution is -0.144. The van der Waals surface area contributed by atoms with Crippen LogP contribution in [0.25, 0.3) is 5.76 Å². The van der Waals surface area contributed by atoms with Crippen LogP contribution in [0.4, 0.5) is 0 Å². The third-order valence-corrected chi connectivity index (χ3v) is 3.25. The molecule has 4 heteroatoms. The van der Waals surface area contributed by atoms with Gasteiger partial charge in [-0.15, -0.1) is 0 Å². The van der Waals surface area contributed by atoms with Gasteiger partial charge in [-0.2, -0.15) is 0 Å². The first kappa shape index (κ1) is 11.7. The van der Waals surface area contributed by atoms with Crippen LogP contribution in [0, 0.1) is 0 Å². The summed E-state index contributed by atoms with van der Waals surface area (Å²) in [6.45, 7) is 1.69. The molecular weight excluding hydrogens is 220 g/mol. The molecule has 0 heterocycles. The maximum Gasteiger partial charge on any atom is 0.314 e. The molecule has 0 aliphatic heterocycles. The summed E-state index contributed by atoms with van der Waals surface area (Å²) in [6.07, 6.45) is 1.45. The Morgan fingerprint density at radius 3 is 2.65 bits per heavy atom. The zero-order chi connectivity index (χ0) is 12.6. The van der Waals surface area contributed by atoms with Crippen LogP contribution in [0.3, 0.4) is 0 Å². The highest BCUT2D eigenvalue weighted by Gasteiger charge is 2.44. The average Bonchev–Trinajstić information content (AvgIpc) is 2.28. The third-order valence-electron chi connectivity index (χ3n) is 3.25. The van der Waals surface area contributed by atoms with Gasteiger partial charge in [-0.25, -0.2) is 0 Å². The zero-order valence-electron chi connectivity index (χ0n) is 9.42. The van der Waals surface area contributed by atoms with Crippen molar-refractivity contribution in [1.29, 1.82) is 0 Å². The predicted octanol–water partition coefficient (Wildman–Crippen LogP) is 1.91. The van der Waals surface area contributed by atoms with Crippen molar-refractivity contribution in [2.24, 2.45) is 0 Å². The molecule has 3 N–H and O–H groups in total. The fraction of sp³-hybridized carbons (Fsp3) is 0.308. The predicted molar refractivity (Wildman–Crippen MR) is 62.7 cm³/mol. The minimum Gasteiger partial charge on any atom is -0.508 e. The van der Waals surface area contributed by atoms with Crippen LogP contribution < -0.4 is 0 Å². The minimum atomic E-state index is -1.54. The van der Waals surface area contributed by atoms with Gasteiger partial charge in [0.15, 0.2) is 0 Å². The van der Waals surface area contributed by atoms with Crippen molar-refractivity contribution in [3.63, 3.8) is 0 Å². The third kappa shape index (κ3) is 1.70. The number of carbonyl (C=O) groups is 1. The number of carboxylic acids is 1. The van der Waals surface area contributed by atoms with Gasteiger partial charge in [0.1, 0.15) is 17.3 Å². The lowest BCUT2D eigenvalue weighted by Crippen LogP contribution is -2.41. The van der Waals surface area contributed by atoms with Gasteiger partial charge in [0.2, 0.25) is 0 Å². The largest absolute Gasteiger partial charge is 0.508 e. The lowest BCUT2D eigenvalue weighted by Gasteiger charge is -2.35. The minimum absolute atomic E-state index is 0.0672. The summed E-state index contributed by atoms with van der Waals surface area (Å²) in [6, 6.07) is 6.69. The highest BCUT2D eigenvalue weighted by Crippen LogP contribution is 2.41. The monoisotopic (exact) mass is 234 g/mol. The number of rotatable bonds is 2. The van der Waals surface area contributed by atoms with Gasteiger partial charge in [0.05, 0.1) is 0 Å². The molecule has 17 heavy (non-hydrogen) atoms. The van der Waals surface area contributed by atoms with Crippen LogP contribution in [0.5, 0.6) is 0 Å². The van der Waals surface area contributed by atoms with Crippen molar-refractivity contribution >= 4 is 11.7 Å². The molecule has 0 fully saturated rings. The topological polar surface area (TPSA) is 77.8 Å². The summed E-state index contributed by atoms with van der Waals surface area (Å²) in [5.41, 5.74) is -0.619. The molecule has 0 amide bonds. The van der Waals surface area contributed by atoms with Gasteiger partial charge in [-0.3, -0.25) is 4.79 Å². The summed E-state index contributed by atoms with van der Waals surface area (Å²) < 4.78 is 0. The number of hydrogen-bond donors (Lipinski definition) is 3. The van der Waals surface area contributed by atoms with E-state index in [1.165, 1.54) is 6.08 Å². The molecule has 0 spiro atoms. The average molecular weight is 234 g/mol. The Bertz CT molecular complexity index is 492. The van der Waals surface area contributed by atoms with E-state index in [1.54, 1.807) is 31.2 Å². The second-order valence-electron chi connectivity index (χ2n) is 4.23. The van der Waals surface area contributed by atoms with E-state index in [0.717, 1.165) is 0 Å². The molecule has 0 bridgehead atoms. The summed E-state index contributed by atoms with van der Waals surface area (Å²) in [7, 11) is 0. The zero-order valence-corrected chi connectivity index (χ0v) is 9.42. The van der Waals surface area contributed by atoms with E-state index in [0.29, 0.717) is 11.1 Å². The Kier molecular flexibility index (Phi) is 2.67. The van der Waals surface area contributed by atoms with E-state index >= 15 is 0 Å². The van der Waals surface area contributed by atoms with Crippen molar-refractivity contribution in [2.75, 3.05) is 0 Å². The van der Waals surface area contributed by atoms with Crippen LogP contribution in [0.1, 0.15) is 30.4 Å². The van der Waals surface area contributed by atoms with E-state index < -0.39 is 17.5 Å². The quantitative estimate of drug-likeness (QED) is 0.730. The smallest absolute Gasteiger partial charge is 0.314 e. The molecule has 2 atom stereocenters. The SMILES string of the molecule is CCC1(O)C=C(O)c2ccccc2C1C(=O)O. The highest BCUT2D eigenvalue weighted by atomic mass is 16.4. The van der Waals surface area contributed by atoms with Crippen LogP contribution in [-0.2, 0) is 4.79 Å². The van der Waals surface area contributed by atoms with Gasteiger partial charge < -0.3 is 15.3 Å². The van der Waals surface area contributed by atoms with Crippen LogP contribution in [0.2, 0.25) is 0 Å². The number of aliphatic hydroxyl groups excluding tert-OH is 1. The van der Waals surface area contributed by atoms with E-state index in [-0.39, 0.29) is 12.2 Å². The molecule has 2 unspecified atom stereocenters. The number of aliphatic hydroxyl groups is 2. The first-order valence-corrected chi connectivity index (χ1v) is 5.46. The molecule has 90 valence electrons. The van der Waals surface area contributed by atoms with Gasteiger partial charge in [-0.1, -0.05) is 31.2 Å². The Morgan fingerprint density at radius 1 is 1.41 bits per heavy atom. The van der Waals surface area contributed by atoms with E-state index in [1.807, 2.05) is 0 Å². The Balaban J connectivity index is 2.67. The Hall–Kier alpha value is -1.81. The summed E-state index contributed by atoms with van der Waals surface area (Å²) in [5.74, 6) is -2.20. The standard InChI is InChI=1S/C13H14O4/c1-2-13(17)7-10(14)8-5-3-4-6-9(8)11(13)12(15)16/h3-7,11,14,17H,2H2,1H3,(H,15,16). The maximum atomic E-state index is 11.3. The van der Waals surface area contributed by atoms with Crippen LogP contribution in [0.15, 0.2) is 30.3 Å². The first-order valence-electron chi connectivity index (χ1n) is 5.46. The fourth-order valence-electron chi connectivity index (χ4n) is 2.30. The second-order valence-corrected chi connectivity index (χ2v) is 4.23. The summed E-state index contributed by atoms with van der Waals surface area (Å²) >= 11 is 0. The molecule has 1 aliphatic rings. The van der Waals surface area contributed by atoms with Crippen molar-refractivity contribution in [3.05, 3.63) is 41.5 Å². The molecule has 0 saturated heterocycles. The molecule has 1 aromatic carbocycles. The van der Waals surface area contributed by atoms with Gasteiger partial charge in [0, 0.05) is 5.56 Å². The fourth-order valence-corrected chi connectivity index (χ4v) is 2.30. The number of aliphatic carboxylic acids is 1. The van der Waals surface area contributed by atoms with Crippen LogP contribution >= 0.6 is 0 Å². The van der Waals surface area contributed by atoms with Gasteiger partial charge >= 0.3 is 5.97 Å². The molecule has 0 radical (unpaired) electrons. The van der Waals surface area contributed by atoms with Crippen LogP contribution in [-0.4, -0.2) is 26.9 Å². The molecule has 0 aromatic heterocycles. The number of benzene rings is 1. The van der Waals surface area contributed by atoms with Gasteiger partial charge in [0.25, 0.3) is 0 Å². The lowest BCUT2D eigenvalue weighted by atomic mass is 9.74. The normalized spacial score (nSPS) is 27.2. The second kappa shape index (κ2) is 3.89. The van der Waals surface area contributed by atoms with Crippen molar-refractivity contribution < 1.29 is 20.1 Å². The van der Waals surface area contributed by atoms with E-state index in [2.05, 4.69) is 0 Å². The Morgan fingerprint density at radius 2 is 2.06 bits per heavy atom. The summed E-state index contributed by atoms with van der Waals surface area (Å²) in [5, 5.41) is 29.4. The molecule has 1 aromatic rings. The molecule has 1 aliphatic carbocycles. The van der Waals surface area contributed by atoms with Crippen molar-refractivity contribution in [3.8, 4) is 0 Å². The van der Waals surface area contributed by atoms with E-state index in [9.17, 15) is 20.1 Å². The van der Waals surface area contributed by atoms with E-state index in [4.69, 9.17) is 0 Å². The maximum absolute atomic E-state index is 11.3. The molecule has 2 rings (SSSR count). The van der Waals surface area contributed by atoms with Crippen molar-refractivity contribution in [1.82, 2.24) is 0 Å². The number of fused-ring (bicyclic) bond motifs is 1. The molecular formula is C13H14O4. The number of carboxylic acid groups (broad SMARTS) is 1. The summed E-state index contributed by atoms with van der Waals surface area (Å²) in [4.78, 5) is 11.3. The molecule has 0 saturated carbocycles. The highest BCUT2D eigenvalue weighted by molar-refractivity contribution is 5.84. The van der Waals surface area contributed by atoms with Gasteiger partial charge in [-0.05, 0) is 18.1 Å². The first-order chi connectivity index (χ1) is 7.99. The number of hydrogen-bond acceptors (Lipinski definition) is 3. The molecule has 4 nitrogen and oxygen atoms in total. The van der Waals surface area contributed by atoms with Crippen molar-refractivity contribution in [2.45, 2.75) is 24.9 Å². The Labute approximate surface area is 98.8 Å².